The van der Waals surface area contributed by atoms with Gasteiger partial charge in [-0.15, -0.1) is 0 Å². The number of anilines is 2. The lowest BCUT2D eigenvalue weighted by Gasteiger charge is -2.29. The maximum atomic E-state index is 14.6. The molecule has 0 bridgehead atoms. The van der Waals surface area contributed by atoms with Gasteiger partial charge in [0.1, 0.15) is 18.2 Å². The molecule has 0 aromatic heterocycles. The Morgan fingerprint density at radius 3 is 2.41 bits per heavy atom. The lowest BCUT2D eigenvalue weighted by atomic mass is 10.0. The Kier molecular flexibility index (Phi) is 6.84. The second kappa shape index (κ2) is 9.17. The largest absolute Gasteiger partial charge is 0.488 e. The number of carbonyl (C=O) groups is 1. The van der Waals surface area contributed by atoms with Crippen molar-refractivity contribution in [3.63, 3.8) is 0 Å². The smallest absolute Gasteiger partial charge is 0.417 e. The maximum Gasteiger partial charge on any atom is 0.417 e. The normalized spacial score (nSPS) is 16.6. The van der Waals surface area contributed by atoms with Gasteiger partial charge < -0.3 is 19.8 Å². The number of hydrogen-bond donors (Lipinski definition) is 2. The van der Waals surface area contributed by atoms with Crippen molar-refractivity contribution in [2.75, 3.05) is 23.0 Å². The van der Waals surface area contributed by atoms with Crippen molar-refractivity contribution in [3.05, 3.63) is 53.3 Å². The molecule has 1 saturated heterocycles. The van der Waals surface area contributed by atoms with E-state index in [1.54, 1.807) is 0 Å². The van der Waals surface area contributed by atoms with Crippen molar-refractivity contribution in [3.8, 4) is 11.8 Å². The Hall–Kier alpha value is -3.27. The fourth-order valence-corrected chi connectivity index (χ4v) is 3.97. The molecule has 7 nitrogen and oxygen atoms in total. The van der Waals surface area contributed by atoms with E-state index in [2.05, 4.69) is 0 Å². The number of amides is 1. The first-order chi connectivity index (χ1) is 15.8. The van der Waals surface area contributed by atoms with Gasteiger partial charge in [0.05, 0.1) is 29.5 Å². The zero-order valence-corrected chi connectivity index (χ0v) is 18.7. The van der Waals surface area contributed by atoms with Crippen molar-refractivity contribution in [1.82, 2.24) is 0 Å². The van der Waals surface area contributed by atoms with Crippen LogP contribution in [-0.2, 0) is 11.0 Å². The number of aliphatic hydroxyl groups excluding tert-OH is 2. The Morgan fingerprint density at radius 1 is 1.21 bits per heavy atom. The van der Waals surface area contributed by atoms with Crippen LogP contribution in [-0.4, -0.2) is 46.1 Å². The quantitative estimate of drug-likeness (QED) is 0.467. The van der Waals surface area contributed by atoms with Crippen molar-refractivity contribution in [2.45, 2.75) is 31.7 Å². The standard InChI is InChI=1S/C22H19F4N3O4S/c1-21(2)19(32)28(13-4-3-12(9-27)16(7-13)22(24,25)26)20(34)29(21)14-5-6-18(17(23)8-14)33-11-15(31)10-30/h3-8,15,30-31H,10-11H2,1-2H3/t15-/m1/s1. The minimum absolute atomic E-state index is 0.142. The number of rotatable bonds is 6. The minimum Gasteiger partial charge on any atom is -0.488 e. The van der Waals surface area contributed by atoms with E-state index < -0.39 is 47.3 Å². The third-order valence-corrected chi connectivity index (χ3v) is 5.54. The van der Waals surface area contributed by atoms with Crippen LogP contribution in [0.4, 0.5) is 28.9 Å². The van der Waals surface area contributed by atoms with Crippen molar-refractivity contribution in [2.24, 2.45) is 0 Å². The molecule has 1 fully saturated rings. The molecule has 0 saturated carbocycles. The number of nitriles is 1. The van der Waals surface area contributed by atoms with Crippen LogP contribution in [0.15, 0.2) is 36.4 Å². The van der Waals surface area contributed by atoms with Crippen LogP contribution in [0.1, 0.15) is 25.0 Å². The Labute approximate surface area is 197 Å². The number of benzene rings is 2. The van der Waals surface area contributed by atoms with Gasteiger partial charge in [-0.2, -0.15) is 18.4 Å². The molecule has 0 spiro atoms. The van der Waals surface area contributed by atoms with Gasteiger partial charge in [0.15, 0.2) is 16.7 Å². The summed E-state index contributed by atoms with van der Waals surface area (Å²) in [5.41, 5.74) is -3.24. The predicted molar refractivity (Wildman–Crippen MR) is 118 cm³/mol. The average Bonchev–Trinajstić information content (AvgIpc) is 2.95. The Bertz CT molecular complexity index is 1180. The van der Waals surface area contributed by atoms with Gasteiger partial charge in [0, 0.05) is 11.8 Å². The van der Waals surface area contributed by atoms with E-state index in [1.165, 1.54) is 43.0 Å². The zero-order chi connectivity index (χ0) is 25.4. The maximum absolute atomic E-state index is 14.6. The van der Waals surface area contributed by atoms with E-state index in [9.17, 15) is 27.5 Å². The SMILES string of the molecule is CC1(C)C(=O)N(c2ccc(C#N)c(C(F)(F)F)c2)C(=S)N1c1ccc(OC[C@H](O)CO)c(F)c1. The number of aliphatic hydroxyl groups is 2. The van der Waals surface area contributed by atoms with Gasteiger partial charge in [-0.3, -0.25) is 9.69 Å². The highest BCUT2D eigenvalue weighted by Gasteiger charge is 2.50. The summed E-state index contributed by atoms with van der Waals surface area (Å²) in [5, 5.41) is 27.0. The monoisotopic (exact) mass is 497 g/mol. The summed E-state index contributed by atoms with van der Waals surface area (Å²) >= 11 is 5.40. The summed E-state index contributed by atoms with van der Waals surface area (Å²) in [6.45, 7) is 2.04. The fraction of sp³-hybridized carbons (Fsp3) is 0.318. The number of alkyl halides is 3. The summed E-state index contributed by atoms with van der Waals surface area (Å²) in [6, 6.07) is 7.96. The molecule has 1 aliphatic rings. The Morgan fingerprint density at radius 2 is 1.85 bits per heavy atom. The third-order valence-electron chi connectivity index (χ3n) is 5.17. The highest BCUT2D eigenvalue weighted by atomic mass is 32.1. The highest BCUT2D eigenvalue weighted by Crippen LogP contribution is 2.40. The molecule has 0 aliphatic carbocycles. The van der Waals surface area contributed by atoms with Crippen LogP contribution in [0.25, 0.3) is 0 Å². The second-order valence-electron chi connectivity index (χ2n) is 7.92. The molecule has 3 rings (SSSR count). The molecule has 0 radical (unpaired) electrons. The summed E-state index contributed by atoms with van der Waals surface area (Å²) in [7, 11) is 0. The lowest BCUT2D eigenvalue weighted by molar-refractivity contribution is -0.137. The van der Waals surface area contributed by atoms with E-state index in [-0.39, 0.29) is 28.8 Å². The first-order valence-electron chi connectivity index (χ1n) is 9.84. The molecule has 2 N–H and O–H groups in total. The van der Waals surface area contributed by atoms with Gasteiger partial charge in [-0.1, -0.05) is 0 Å². The highest BCUT2D eigenvalue weighted by molar-refractivity contribution is 7.81. The minimum atomic E-state index is -4.83. The molecule has 1 heterocycles. The number of hydrogen-bond acceptors (Lipinski definition) is 6. The second-order valence-corrected chi connectivity index (χ2v) is 8.28. The van der Waals surface area contributed by atoms with Gasteiger partial charge >= 0.3 is 6.18 Å². The molecule has 0 unspecified atom stereocenters. The van der Waals surface area contributed by atoms with Crippen LogP contribution in [0, 0.1) is 17.1 Å². The van der Waals surface area contributed by atoms with Gasteiger partial charge in [-0.25, -0.2) is 4.39 Å². The summed E-state index contributed by atoms with van der Waals surface area (Å²) in [5.74, 6) is -1.71. The van der Waals surface area contributed by atoms with Crippen LogP contribution in [0.5, 0.6) is 5.75 Å². The molecule has 12 heteroatoms. The predicted octanol–water partition coefficient (Wildman–Crippen LogP) is 3.36. The van der Waals surface area contributed by atoms with Crippen LogP contribution in [0.2, 0.25) is 0 Å². The number of ether oxygens (including phenoxy) is 1. The fourth-order valence-electron chi connectivity index (χ4n) is 3.44. The van der Waals surface area contributed by atoms with Crippen molar-refractivity contribution in [1.29, 1.82) is 5.26 Å². The first-order valence-corrected chi connectivity index (χ1v) is 10.2. The van der Waals surface area contributed by atoms with E-state index in [0.29, 0.717) is 6.07 Å². The number of thiocarbonyl (C=S) groups is 1. The summed E-state index contributed by atoms with van der Waals surface area (Å²) in [6.07, 6.45) is -6.03. The lowest BCUT2D eigenvalue weighted by Crippen LogP contribution is -2.44. The topological polar surface area (TPSA) is 97.0 Å². The van der Waals surface area contributed by atoms with Gasteiger partial charge in [0.2, 0.25) is 0 Å². The molecule has 180 valence electrons. The number of carbonyl (C=O) groups excluding carboxylic acids is 1. The van der Waals surface area contributed by atoms with Crippen molar-refractivity contribution >= 4 is 34.6 Å². The van der Waals surface area contributed by atoms with Crippen LogP contribution < -0.4 is 14.5 Å². The number of halogens is 4. The average molecular weight is 497 g/mol. The zero-order valence-electron chi connectivity index (χ0n) is 17.9. The van der Waals surface area contributed by atoms with E-state index >= 15 is 0 Å². The molecule has 1 amide bonds. The molecular weight excluding hydrogens is 478 g/mol. The molecule has 1 aliphatic heterocycles. The van der Waals surface area contributed by atoms with Crippen LogP contribution >= 0.6 is 12.2 Å². The van der Waals surface area contributed by atoms with E-state index in [4.69, 9.17) is 27.3 Å². The summed E-state index contributed by atoms with van der Waals surface area (Å²) < 4.78 is 60.0. The van der Waals surface area contributed by atoms with Crippen molar-refractivity contribution < 1.29 is 37.3 Å². The van der Waals surface area contributed by atoms with Crippen LogP contribution in [0.3, 0.4) is 0 Å². The molecule has 2 aromatic rings. The molecule has 1 atom stereocenters. The van der Waals surface area contributed by atoms with Gasteiger partial charge in [-0.05, 0) is 56.4 Å². The van der Waals surface area contributed by atoms with Gasteiger partial charge in [0.25, 0.3) is 5.91 Å². The van der Waals surface area contributed by atoms with E-state index in [0.717, 1.165) is 17.0 Å². The summed E-state index contributed by atoms with van der Waals surface area (Å²) in [4.78, 5) is 15.4. The Balaban J connectivity index is 1.99. The first kappa shape index (κ1) is 25.4. The molecule has 34 heavy (non-hydrogen) atoms. The number of nitrogens with zero attached hydrogens (tertiary/aromatic N) is 3. The van der Waals surface area contributed by atoms with E-state index in [1.807, 2.05) is 0 Å². The molecule has 2 aromatic carbocycles. The third kappa shape index (κ3) is 4.54. The molecular formula is C22H19F4N3O4S.